The summed E-state index contributed by atoms with van der Waals surface area (Å²) in [6, 6.07) is 0. The zero-order valence-electron chi connectivity index (χ0n) is 9.18. The van der Waals surface area contributed by atoms with Gasteiger partial charge in [0, 0.05) is 6.54 Å². The third kappa shape index (κ3) is 6.62. The number of rotatable bonds is 6. The minimum Gasteiger partial charge on any atom is -0.371 e. The van der Waals surface area contributed by atoms with Gasteiger partial charge in [-0.1, -0.05) is 12.8 Å². The maximum absolute atomic E-state index is 5.80. The van der Waals surface area contributed by atoms with Gasteiger partial charge >= 0.3 is 0 Å². The molecule has 1 unspecified atom stereocenters. The van der Waals surface area contributed by atoms with Crippen LogP contribution in [0.15, 0.2) is 0 Å². The van der Waals surface area contributed by atoms with Crippen molar-refractivity contribution >= 4 is 0 Å². The van der Waals surface area contributed by atoms with Gasteiger partial charge in [0.1, 0.15) is 0 Å². The Balaban J connectivity index is 3.62. The molecule has 0 saturated carbocycles. The Bertz CT molecular complexity index is 169. The first-order valence-corrected chi connectivity index (χ1v) is 4.84. The monoisotopic (exact) mass is 183 g/mol. The second-order valence-corrected chi connectivity index (χ2v) is 3.88. The molecule has 0 aromatic heterocycles. The van der Waals surface area contributed by atoms with Gasteiger partial charge in [-0.3, -0.25) is 0 Å². The molecular weight excluding hydrogens is 162 g/mol. The first-order valence-electron chi connectivity index (χ1n) is 4.84. The van der Waals surface area contributed by atoms with Crippen molar-refractivity contribution in [3.8, 4) is 12.3 Å². The van der Waals surface area contributed by atoms with Gasteiger partial charge in [-0.25, -0.2) is 0 Å². The lowest BCUT2D eigenvalue weighted by Crippen LogP contribution is -2.35. The predicted molar refractivity (Wildman–Crippen MR) is 56.6 cm³/mol. The normalized spacial score (nSPS) is 13.8. The molecular formula is C11H21NO. The second-order valence-electron chi connectivity index (χ2n) is 3.88. The van der Waals surface area contributed by atoms with Crippen molar-refractivity contribution < 1.29 is 4.74 Å². The van der Waals surface area contributed by atoms with E-state index in [1.54, 1.807) is 0 Å². The van der Waals surface area contributed by atoms with E-state index in [-0.39, 0.29) is 11.7 Å². The van der Waals surface area contributed by atoms with Crippen molar-refractivity contribution in [2.45, 2.75) is 45.8 Å². The van der Waals surface area contributed by atoms with Gasteiger partial charge in [0.2, 0.25) is 0 Å². The Hall–Kier alpha value is -0.520. The van der Waals surface area contributed by atoms with E-state index in [0.717, 1.165) is 13.0 Å². The van der Waals surface area contributed by atoms with Crippen LogP contribution in [0.4, 0.5) is 0 Å². The summed E-state index contributed by atoms with van der Waals surface area (Å²) < 4.78 is 5.80. The van der Waals surface area contributed by atoms with Crippen molar-refractivity contribution in [3.05, 3.63) is 0 Å². The predicted octanol–water partition coefficient (Wildman–Crippen LogP) is 1.80. The maximum Gasteiger partial charge on any atom is 0.0678 e. The van der Waals surface area contributed by atoms with E-state index in [1.807, 2.05) is 0 Å². The Kier molecular flexibility index (Phi) is 5.77. The summed E-state index contributed by atoms with van der Waals surface area (Å²) in [4.78, 5) is 0. The van der Waals surface area contributed by atoms with Crippen LogP contribution in [0.1, 0.15) is 34.1 Å². The lowest BCUT2D eigenvalue weighted by atomic mass is 10.1. The molecule has 1 atom stereocenters. The van der Waals surface area contributed by atoms with Gasteiger partial charge in [-0.2, -0.15) is 0 Å². The molecule has 2 nitrogen and oxygen atoms in total. The van der Waals surface area contributed by atoms with Crippen LogP contribution in [0.5, 0.6) is 0 Å². The highest BCUT2D eigenvalue weighted by Crippen LogP contribution is 2.15. The van der Waals surface area contributed by atoms with Crippen molar-refractivity contribution in [1.29, 1.82) is 0 Å². The largest absolute Gasteiger partial charge is 0.371 e. The standard InChI is InChI=1S/C11H21NO/c1-6-8-12-9-10(3)13-11(4,5)7-2/h1,10,12H,7-9H2,2-5H3. The molecule has 0 aromatic rings. The van der Waals surface area contributed by atoms with Gasteiger partial charge in [0.15, 0.2) is 0 Å². The van der Waals surface area contributed by atoms with Gasteiger partial charge in [-0.05, 0) is 27.2 Å². The Morgan fingerprint density at radius 3 is 2.62 bits per heavy atom. The molecule has 0 aliphatic heterocycles. The minimum atomic E-state index is -0.0305. The molecule has 2 heteroatoms. The van der Waals surface area contributed by atoms with E-state index >= 15 is 0 Å². The molecule has 0 heterocycles. The summed E-state index contributed by atoms with van der Waals surface area (Å²) in [7, 11) is 0. The first-order chi connectivity index (χ1) is 6.02. The maximum atomic E-state index is 5.80. The smallest absolute Gasteiger partial charge is 0.0678 e. The van der Waals surface area contributed by atoms with E-state index in [4.69, 9.17) is 11.2 Å². The third-order valence-corrected chi connectivity index (χ3v) is 2.03. The number of hydrogen-bond donors (Lipinski definition) is 1. The fraction of sp³-hybridized carbons (Fsp3) is 0.818. The van der Waals surface area contributed by atoms with Crippen molar-refractivity contribution in [3.63, 3.8) is 0 Å². The van der Waals surface area contributed by atoms with Crippen LogP contribution in [0.25, 0.3) is 0 Å². The lowest BCUT2D eigenvalue weighted by molar-refractivity contribution is -0.0637. The molecule has 0 aliphatic rings. The second kappa shape index (κ2) is 6.01. The van der Waals surface area contributed by atoms with Crippen LogP contribution >= 0.6 is 0 Å². The fourth-order valence-corrected chi connectivity index (χ4v) is 1.02. The Labute approximate surface area is 82.1 Å². The van der Waals surface area contributed by atoms with Gasteiger partial charge in [0.05, 0.1) is 18.2 Å². The molecule has 0 fully saturated rings. The van der Waals surface area contributed by atoms with Crippen LogP contribution in [0, 0.1) is 12.3 Å². The van der Waals surface area contributed by atoms with E-state index in [2.05, 4.69) is 38.9 Å². The van der Waals surface area contributed by atoms with E-state index in [1.165, 1.54) is 0 Å². The summed E-state index contributed by atoms with van der Waals surface area (Å²) in [5.41, 5.74) is -0.0305. The molecule has 0 aromatic carbocycles. The van der Waals surface area contributed by atoms with Crippen LogP contribution in [0.2, 0.25) is 0 Å². The van der Waals surface area contributed by atoms with E-state index < -0.39 is 0 Å². The SMILES string of the molecule is C#CCNCC(C)OC(C)(C)CC. The molecule has 0 bridgehead atoms. The zero-order valence-corrected chi connectivity index (χ0v) is 9.18. The van der Waals surface area contributed by atoms with Gasteiger partial charge in [-0.15, -0.1) is 6.42 Å². The number of hydrogen-bond acceptors (Lipinski definition) is 2. The third-order valence-electron chi connectivity index (χ3n) is 2.03. The molecule has 0 amide bonds. The zero-order chi connectivity index (χ0) is 10.3. The number of ether oxygens (including phenoxy) is 1. The summed E-state index contributed by atoms with van der Waals surface area (Å²) in [6.45, 7) is 9.81. The highest BCUT2D eigenvalue weighted by atomic mass is 16.5. The molecule has 0 aliphatic carbocycles. The molecule has 0 saturated heterocycles. The summed E-state index contributed by atoms with van der Waals surface area (Å²) in [5.74, 6) is 2.53. The quantitative estimate of drug-likeness (QED) is 0.501. The molecule has 0 spiro atoms. The molecule has 0 rings (SSSR count). The minimum absolute atomic E-state index is 0.0305. The first kappa shape index (κ1) is 12.5. The molecule has 0 radical (unpaired) electrons. The van der Waals surface area contributed by atoms with Crippen LogP contribution in [0.3, 0.4) is 0 Å². The molecule has 1 N–H and O–H groups in total. The highest BCUT2D eigenvalue weighted by Gasteiger charge is 2.18. The van der Waals surface area contributed by atoms with Crippen molar-refractivity contribution in [2.24, 2.45) is 0 Å². The van der Waals surface area contributed by atoms with E-state index in [0.29, 0.717) is 6.54 Å². The van der Waals surface area contributed by atoms with Crippen LogP contribution in [-0.4, -0.2) is 24.8 Å². The fourth-order valence-electron chi connectivity index (χ4n) is 1.02. The molecule has 13 heavy (non-hydrogen) atoms. The molecule has 76 valence electrons. The average molecular weight is 183 g/mol. The van der Waals surface area contributed by atoms with Crippen LogP contribution < -0.4 is 5.32 Å². The average Bonchev–Trinajstić information content (AvgIpc) is 2.04. The highest BCUT2D eigenvalue weighted by molar-refractivity contribution is 4.86. The van der Waals surface area contributed by atoms with Gasteiger partial charge < -0.3 is 10.1 Å². The Morgan fingerprint density at radius 1 is 1.54 bits per heavy atom. The topological polar surface area (TPSA) is 21.3 Å². The number of nitrogens with one attached hydrogen (secondary N) is 1. The Morgan fingerprint density at radius 2 is 2.15 bits per heavy atom. The van der Waals surface area contributed by atoms with Crippen molar-refractivity contribution in [1.82, 2.24) is 5.32 Å². The summed E-state index contributed by atoms with van der Waals surface area (Å²) >= 11 is 0. The van der Waals surface area contributed by atoms with E-state index in [9.17, 15) is 0 Å². The lowest BCUT2D eigenvalue weighted by Gasteiger charge is -2.28. The summed E-state index contributed by atoms with van der Waals surface area (Å²) in [6.07, 6.45) is 6.35. The van der Waals surface area contributed by atoms with Crippen molar-refractivity contribution in [2.75, 3.05) is 13.1 Å². The van der Waals surface area contributed by atoms with Gasteiger partial charge in [0.25, 0.3) is 0 Å². The summed E-state index contributed by atoms with van der Waals surface area (Å²) in [5, 5.41) is 3.12. The van der Waals surface area contributed by atoms with Crippen LogP contribution in [-0.2, 0) is 4.74 Å². The number of terminal acetylenes is 1.